The second-order valence-electron chi connectivity index (χ2n) is 5.50. The lowest BCUT2D eigenvalue weighted by molar-refractivity contribution is 0.0524. The lowest BCUT2D eigenvalue weighted by Gasteiger charge is -2.39. The van der Waals surface area contributed by atoms with Crippen LogP contribution in [0.3, 0.4) is 0 Å². The number of carbonyl (C=O) groups is 1. The molecule has 0 bridgehead atoms. The van der Waals surface area contributed by atoms with Gasteiger partial charge in [-0.25, -0.2) is 0 Å². The van der Waals surface area contributed by atoms with Crippen molar-refractivity contribution in [2.75, 3.05) is 26.2 Å². The van der Waals surface area contributed by atoms with Crippen molar-refractivity contribution in [3.05, 3.63) is 36.0 Å². The van der Waals surface area contributed by atoms with Gasteiger partial charge in [0.1, 0.15) is 5.69 Å². The fraction of sp³-hybridized carbons (Fsp3) is 0.438. The molecule has 20 heavy (non-hydrogen) atoms. The molecule has 2 heterocycles. The zero-order valence-corrected chi connectivity index (χ0v) is 12.1. The summed E-state index contributed by atoms with van der Waals surface area (Å²) in [5.74, 6) is 0.115. The third-order valence-electron chi connectivity index (χ3n) is 4.22. The van der Waals surface area contributed by atoms with Crippen molar-refractivity contribution in [2.24, 2.45) is 0 Å². The van der Waals surface area contributed by atoms with Crippen LogP contribution in [0.15, 0.2) is 30.3 Å². The SMILES string of the molecule is CCN1CCN(C(=O)c2cc3ccccc3[nH]2)CC1C. The third-order valence-corrected chi connectivity index (χ3v) is 4.22. The van der Waals surface area contributed by atoms with Crippen molar-refractivity contribution in [3.8, 4) is 0 Å². The Morgan fingerprint density at radius 2 is 2.15 bits per heavy atom. The lowest BCUT2D eigenvalue weighted by atomic mass is 10.2. The minimum absolute atomic E-state index is 0.115. The highest BCUT2D eigenvalue weighted by molar-refractivity contribution is 5.98. The Balaban J connectivity index is 1.79. The van der Waals surface area contributed by atoms with Crippen LogP contribution in [0.25, 0.3) is 10.9 Å². The molecule has 0 saturated carbocycles. The number of benzene rings is 1. The molecule has 1 atom stereocenters. The summed E-state index contributed by atoms with van der Waals surface area (Å²) in [4.78, 5) is 20.2. The van der Waals surface area contributed by atoms with Crippen LogP contribution < -0.4 is 0 Å². The number of fused-ring (bicyclic) bond motifs is 1. The van der Waals surface area contributed by atoms with Crippen LogP contribution in [-0.4, -0.2) is 52.9 Å². The van der Waals surface area contributed by atoms with Crippen molar-refractivity contribution in [2.45, 2.75) is 19.9 Å². The van der Waals surface area contributed by atoms with Crippen LogP contribution >= 0.6 is 0 Å². The highest BCUT2D eigenvalue weighted by atomic mass is 16.2. The Morgan fingerprint density at radius 3 is 2.85 bits per heavy atom. The summed E-state index contributed by atoms with van der Waals surface area (Å²) in [5.41, 5.74) is 1.72. The number of nitrogens with zero attached hydrogens (tertiary/aromatic N) is 2. The molecule has 1 fully saturated rings. The Labute approximate surface area is 119 Å². The molecule has 1 aliphatic heterocycles. The molecule has 1 aromatic carbocycles. The van der Waals surface area contributed by atoms with Gasteiger partial charge in [0.15, 0.2) is 0 Å². The number of rotatable bonds is 2. The molecule has 1 amide bonds. The molecule has 1 aliphatic rings. The average Bonchev–Trinajstić information content (AvgIpc) is 2.90. The van der Waals surface area contributed by atoms with E-state index in [0.717, 1.165) is 37.1 Å². The lowest BCUT2D eigenvalue weighted by Crippen LogP contribution is -2.53. The summed E-state index contributed by atoms with van der Waals surface area (Å²) < 4.78 is 0. The minimum atomic E-state index is 0.115. The zero-order chi connectivity index (χ0) is 14.1. The van der Waals surface area contributed by atoms with Crippen LogP contribution in [0.5, 0.6) is 0 Å². The van der Waals surface area contributed by atoms with E-state index in [1.165, 1.54) is 0 Å². The molecule has 4 nitrogen and oxygen atoms in total. The van der Waals surface area contributed by atoms with E-state index in [9.17, 15) is 4.79 Å². The van der Waals surface area contributed by atoms with Gasteiger partial charge >= 0.3 is 0 Å². The standard InChI is InChI=1S/C16H21N3O/c1-3-18-8-9-19(11-12(18)2)16(20)15-10-13-6-4-5-7-14(13)17-15/h4-7,10,12,17H,3,8-9,11H2,1-2H3. The van der Waals surface area contributed by atoms with E-state index in [0.29, 0.717) is 11.7 Å². The fourth-order valence-corrected chi connectivity index (χ4v) is 3.01. The van der Waals surface area contributed by atoms with Gasteiger partial charge < -0.3 is 9.88 Å². The molecule has 1 aromatic heterocycles. The molecule has 106 valence electrons. The first-order valence-electron chi connectivity index (χ1n) is 7.30. The fourth-order valence-electron chi connectivity index (χ4n) is 3.01. The second kappa shape index (κ2) is 5.29. The number of piperazine rings is 1. The maximum atomic E-state index is 12.6. The Kier molecular flexibility index (Phi) is 3.49. The van der Waals surface area contributed by atoms with E-state index in [4.69, 9.17) is 0 Å². The van der Waals surface area contributed by atoms with E-state index in [2.05, 4.69) is 23.7 Å². The molecule has 0 aliphatic carbocycles. The van der Waals surface area contributed by atoms with Gasteiger partial charge in [0.25, 0.3) is 5.91 Å². The summed E-state index contributed by atoms with van der Waals surface area (Å²) in [5, 5.41) is 1.09. The van der Waals surface area contributed by atoms with Gasteiger partial charge in [0.2, 0.25) is 0 Å². The van der Waals surface area contributed by atoms with Gasteiger partial charge in [-0.3, -0.25) is 9.69 Å². The largest absolute Gasteiger partial charge is 0.351 e. The number of hydrogen-bond donors (Lipinski definition) is 1. The maximum absolute atomic E-state index is 12.6. The van der Waals surface area contributed by atoms with E-state index < -0.39 is 0 Å². The van der Waals surface area contributed by atoms with Crippen molar-refractivity contribution < 1.29 is 4.79 Å². The summed E-state index contributed by atoms with van der Waals surface area (Å²) in [7, 11) is 0. The zero-order valence-electron chi connectivity index (χ0n) is 12.1. The molecule has 2 aromatic rings. The Morgan fingerprint density at radius 1 is 1.35 bits per heavy atom. The monoisotopic (exact) mass is 271 g/mol. The van der Waals surface area contributed by atoms with Crippen LogP contribution in [0, 0.1) is 0 Å². The maximum Gasteiger partial charge on any atom is 0.270 e. The van der Waals surface area contributed by atoms with Gasteiger partial charge in [-0.1, -0.05) is 25.1 Å². The number of H-pyrrole nitrogens is 1. The van der Waals surface area contributed by atoms with Crippen LogP contribution in [-0.2, 0) is 0 Å². The quantitative estimate of drug-likeness (QED) is 0.910. The van der Waals surface area contributed by atoms with Crippen molar-refractivity contribution >= 4 is 16.8 Å². The number of amides is 1. The molecule has 4 heteroatoms. The number of nitrogens with one attached hydrogen (secondary N) is 1. The Bertz CT molecular complexity index is 586. The predicted molar refractivity (Wildman–Crippen MR) is 80.9 cm³/mol. The van der Waals surface area contributed by atoms with Crippen LogP contribution in [0.4, 0.5) is 0 Å². The number of aromatic nitrogens is 1. The average molecular weight is 271 g/mol. The normalized spacial score (nSPS) is 20.5. The number of aromatic amines is 1. The van der Waals surface area contributed by atoms with Crippen LogP contribution in [0.1, 0.15) is 24.3 Å². The third kappa shape index (κ3) is 2.31. The molecule has 1 unspecified atom stereocenters. The van der Waals surface area contributed by atoms with E-state index >= 15 is 0 Å². The molecule has 1 saturated heterocycles. The first-order valence-corrected chi connectivity index (χ1v) is 7.30. The van der Waals surface area contributed by atoms with Gasteiger partial charge in [0, 0.05) is 36.6 Å². The van der Waals surface area contributed by atoms with Gasteiger partial charge in [-0.15, -0.1) is 0 Å². The minimum Gasteiger partial charge on any atom is -0.351 e. The summed E-state index contributed by atoms with van der Waals surface area (Å²) in [6.45, 7) is 7.99. The number of carbonyl (C=O) groups excluding carboxylic acids is 1. The predicted octanol–water partition coefficient (Wildman–Crippen LogP) is 2.33. The molecular formula is C16H21N3O. The summed E-state index contributed by atoms with van der Waals surface area (Å²) in [6, 6.07) is 10.4. The van der Waals surface area contributed by atoms with E-state index in [-0.39, 0.29) is 5.91 Å². The molecular weight excluding hydrogens is 250 g/mol. The molecule has 0 spiro atoms. The van der Waals surface area contributed by atoms with Gasteiger partial charge in [0.05, 0.1) is 0 Å². The van der Waals surface area contributed by atoms with Crippen molar-refractivity contribution in [1.82, 2.24) is 14.8 Å². The molecule has 0 radical (unpaired) electrons. The number of para-hydroxylation sites is 1. The topological polar surface area (TPSA) is 39.3 Å². The van der Waals surface area contributed by atoms with E-state index in [1.807, 2.05) is 35.2 Å². The van der Waals surface area contributed by atoms with Gasteiger partial charge in [-0.05, 0) is 25.6 Å². The first-order chi connectivity index (χ1) is 9.69. The second-order valence-corrected chi connectivity index (χ2v) is 5.50. The first kappa shape index (κ1) is 13.2. The van der Waals surface area contributed by atoms with Crippen LogP contribution in [0.2, 0.25) is 0 Å². The van der Waals surface area contributed by atoms with Crippen molar-refractivity contribution in [1.29, 1.82) is 0 Å². The van der Waals surface area contributed by atoms with Crippen molar-refractivity contribution in [3.63, 3.8) is 0 Å². The molecule has 3 rings (SSSR count). The summed E-state index contributed by atoms with van der Waals surface area (Å²) in [6.07, 6.45) is 0. The summed E-state index contributed by atoms with van der Waals surface area (Å²) >= 11 is 0. The highest BCUT2D eigenvalue weighted by Crippen LogP contribution is 2.18. The highest BCUT2D eigenvalue weighted by Gasteiger charge is 2.26. The Hall–Kier alpha value is -1.81. The molecule has 1 N–H and O–H groups in total. The van der Waals surface area contributed by atoms with E-state index in [1.54, 1.807) is 0 Å². The number of likely N-dealkylation sites (N-methyl/N-ethyl adjacent to an activating group) is 1. The smallest absolute Gasteiger partial charge is 0.270 e. The van der Waals surface area contributed by atoms with Gasteiger partial charge in [-0.2, -0.15) is 0 Å². The number of hydrogen-bond acceptors (Lipinski definition) is 2.